The summed E-state index contributed by atoms with van der Waals surface area (Å²) in [6, 6.07) is 1.80. The molecule has 1 atom stereocenters. The van der Waals surface area contributed by atoms with Crippen LogP contribution in [0.5, 0.6) is 0 Å². The summed E-state index contributed by atoms with van der Waals surface area (Å²) in [5, 5.41) is 0.686. The molecule has 0 aliphatic rings. The summed E-state index contributed by atoms with van der Waals surface area (Å²) in [5.41, 5.74) is 6.02. The van der Waals surface area contributed by atoms with Crippen molar-refractivity contribution in [3.8, 4) is 0 Å². The van der Waals surface area contributed by atoms with Crippen LogP contribution in [-0.4, -0.2) is 12.6 Å². The van der Waals surface area contributed by atoms with Crippen molar-refractivity contribution in [1.29, 1.82) is 0 Å². The van der Waals surface area contributed by atoms with Gasteiger partial charge in [-0.3, -0.25) is 4.79 Å². The van der Waals surface area contributed by atoms with E-state index in [1.54, 1.807) is 6.92 Å². The van der Waals surface area contributed by atoms with Crippen molar-refractivity contribution in [2.75, 3.05) is 6.61 Å². The van der Waals surface area contributed by atoms with Crippen LogP contribution in [0.15, 0.2) is 9.85 Å². The van der Waals surface area contributed by atoms with Crippen LogP contribution in [0, 0.1) is 0 Å². The molecule has 0 saturated carbocycles. The minimum absolute atomic E-state index is 0.0711. The molecular weight excluding hydrogens is 326 g/mol. The number of nitrogens with two attached hydrogens (primary N) is 1. The lowest BCUT2D eigenvalue weighted by Gasteiger charge is -2.08. The Morgan fingerprint density at radius 2 is 2.41 bits per heavy atom. The Balaban J connectivity index is 2.34. The third kappa shape index (κ3) is 4.95. The molecule has 96 valence electrons. The highest BCUT2D eigenvalue weighted by atomic mass is 79.9. The highest BCUT2D eigenvalue weighted by molar-refractivity contribution is 9.11. The number of carbonyl (C=O) groups excluding carboxylic acids is 1. The van der Waals surface area contributed by atoms with Gasteiger partial charge in [0.1, 0.15) is 0 Å². The highest BCUT2D eigenvalue weighted by Gasteiger charge is 2.12. The van der Waals surface area contributed by atoms with Gasteiger partial charge in [-0.25, -0.2) is 0 Å². The standard InChI is InChI=1S/C11H15BrClNO2S/c1-2-16-10(15)5-3-4-8(14)9-6-7(13)11(12)17-9/h6,8H,2-5,14H2,1H3. The van der Waals surface area contributed by atoms with Gasteiger partial charge in [-0.05, 0) is 41.8 Å². The Hall–Kier alpha value is -0.100. The van der Waals surface area contributed by atoms with Gasteiger partial charge in [0.25, 0.3) is 0 Å². The average Bonchev–Trinajstić information content (AvgIpc) is 2.59. The zero-order chi connectivity index (χ0) is 12.8. The van der Waals surface area contributed by atoms with E-state index in [2.05, 4.69) is 15.9 Å². The van der Waals surface area contributed by atoms with Gasteiger partial charge in [-0.2, -0.15) is 0 Å². The Bertz CT molecular complexity index is 364. The fourth-order valence-electron chi connectivity index (χ4n) is 1.39. The molecule has 1 rings (SSSR count). The summed E-state index contributed by atoms with van der Waals surface area (Å²) < 4.78 is 5.75. The molecule has 17 heavy (non-hydrogen) atoms. The number of carbonyl (C=O) groups is 1. The number of esters is 1. The maximum atomic E-state index is 11.1. The van der Waals surface area contributed by atoms with E-state index in [-0.39, 0.29) is 12.0 Å². The largest absolute Gasteiger partial charge is 0.466 e. The molecule has 3 nitrogen and oxygen atoms in total. The molecule has 0 radical (unpaired) electrons. The SMILES string of the molecule is CCOC(=O)CCCC(N)c1cc(Cl)c(Br)s1. The molecular formula is C11H15BrClNO2S. The zero-order valence-electron chi connectivity index (χ0n) is 9.54. The first-order chi connectivity index (χ1) is 8.04. The van der Waals surface area contributed by atoms with Gasteiger partial charge in [0.15, 0.2) is 0 Å². The molecule has 0 aliphatic heterocycles. The number of hydrogen-bond acceptors (Lipinski definition) is 4. The minimum Gasteiger partial charge on any atom is -0.466 e. The van der Waals surface area contributed by atoms with E-state index in [1.807, 2.05) is 6.07 Å². The van der Waals surface area contributed by atoms with Crippen LogP contribution in [0.25, 0.3) is 0 Å². The third-order valence-electron chi connectivity index (χ3n) is 2.23. The molecule has 0 aliphatic carbocycles. The van der Waals surface area contributed by atoms with Crippen molar-refractivity contribution in [3.63, 3.8) is 0 Å². The van der Waals surface area contributed by atoms with Gasteiger partial charge in [0, 0.05) is 17.3 Å². The summed E-state index contributed by atoms with van der Waals surface area (Å²) in [6.07, 6.45) is 1.90. The zero-order valence-corrected chi connectivity index (χ0v) is 12.7. The van der Waals surface area contributed by atoms with Gasteiger partial charge in [-0.15, -0.1) is 11.3 Å². The van der Waals surface area contributed by atoms with Crippen molar-refractivity contribution < 1.29 is 9.53 Å². The first-order valence-electron chi connectivity index (χ1n) is 5.40. The molecule has 0 amide bonds. The molecule has 1 aromatic heterocycles. The van der Waals surface area contributed by atoms with Gasteiger partial charge in [0.2, 0.25) is 0 Å². The average molecular weight is 341 g/mol. The number of ether oxygens (including phenoxy) is 1. The van der Waals surface area contributed by atoms with Crippen molar-refractivity contribution in [2.45, 2.75) is 32.2 Å². The Kier molecular flexibility index (Phi) is 6.48. The second kappa shape index (κ2) is 7.36. The summed E-state index contributed by atoms with van der Waals surface area (Å²) in [4.78, 5) is 12.2. The summed E-state index contributed by atoms with van der Waals surface area (Å²) in [7, 11) is 0. The fraction of sp³-hybridized carbons (Fsp3) is 0.545. The number of hydrogen-bond donors (Lipinski definition) is 1. The summed E-state index contributed by atoms with van der Waals surface area (Å²) in [6.45, 7) is 2.23. The van der Waals surface area contributed by atoms with Gasteiger partial charge in [0.05, 0.1) is 15.4 Å². The molecule has 6 heteroatoms. The lowest BCUT2D eigenvalue weighted by Crippen LogP contribution is -2.10. The smallest absolute Gasteiger partial charge is 0.305 e. The molecule has 0 bridgehead atoms. The number of thiophene rings is 1. The van der Waals surface area contributed by atoms with E-state index < -0.39 is 0 Å². The van der Waals surface area contributed by atoms with Crippen molar-refractivity contribution >= 4 is 44.8 Å². The fourth-order valence-corrected chi connectivity index (χ4v) is 3.17. The number of rotatable bonds is 6. The molecule has 0 aromatic carbocycles. The van der Waals surface area contributed by atoms with Crippen LogP contribution in [0.1, 0.15) is 37.1 Å². The van der Waals surface area contributed by atoms with E-state index >= 15 is 0 Å². The molecule has 2 N–H and O–H groups in total. The van der Waals surface area contributed by atoms with Gasteiger partial charge < -0.3 is 10.5 Å². The summed E-state index contributed by atoms with van der Waals surface area (Å²) >= 11 is 10.8. The van der Waals surface area contributed by atoms with Crippen LogP contribution in [0.3, 0.4) is 0 Å². The Labute approximate surface area is 118 Å². The second-order valence-electron chi connectivity index (χ2n) is 3.57. The molecule has 0 fully saturated rings. The van der Waals surface area contributed by atoms with E-state index in [0.29, 0.717) is 18.1 Å². The van der Waals surface area contributed by atoms with Crippen LogP contribution in [-0.2, 0) is 9.53 Å². The lowest BCUT2D eigenvalue weighted by molar-refractivity contribution is -0.143. The topological polar surface area (TPSA) is 52.3 Å². The van der Waals surface area contributed by atoms with Gasteiger partial charge in [-0.1, -0.05) is 11.6 Å². The lowest BCUT2D eigenvalue weighted by atomic mass is 10.1. The predicted molar refractivity (Wildman–Crippen MR) is 74.4 cm³/mol. The van der Waals surface area contributed by atoms with Crippen molar-refractivity contribution in [1.82, 2.24) is 0 Å². The normalized spacial score (nSPS) is 12.5. The van der Waals surface area contributed by atoms with E-state index in [1.165, 1.54) is 11.3 Å². The van der Waals surface area contributed by atoms with E-state index in [4.69, 9.17) is 22.1 Å². The van der Waals surface area contributed by atoms with E-state index in [9.17, 15) is 4.79 Å². The molecule has 1 aromatic rings. The first-order valence-corrected chi connectivity index (χ1v) is 7.39. The van der Waals surface area contributed by atoms with Crippen LogP contribution in [0.4, 0.5) is 0 Å². The predicted octanol–water partition coefficient (Wildman–Crippen LogP) is 3.90. The quantitative estimate of drug-likeness (QED) is 0.799. The molecule has 1 heterocycles. The van der Waals surface area contributed by atoms with Crippen molar-refractivity contribution in [3.05, 3.63) is 19.8 Å². The monoisotopic (exact) mass is 339 g/mol. The van der Waals surface area contributed by atoms with Crippen molar-refractivity contribution in [2.24, 2.45) is 5.73 Å². The molecule has 0 spiro atoms. The molecule has 0 saturated heterocycles. The maximum Gasteiger partial charge on any atom is 0.305 e. The summed E-state index contributed by atoms with van der Waals surface area (Å²) in [5.74, 6) is -0.162. The third-order valence-corrected chi connectivity index (χ3v) is 4.84. The Morgan fingerprint density at radius 3 is 2.94 bits per heavy atom. The maximum absolute atomic E-state index is 11.1. The van der Waals surface area contributed by atoms with Crippen LogP contribution < -0.4 is 5.73 Å². The second-order valence-corrected chi connectivity index (χ2v) is 6.38. The van der Waals surface area contributed by atoms with Crippen LogP contribution in [0.2, 0.25) is 5.02 Å². The first kappa shape index (κ1) is 15.0. The Morgan fingerprint density at radius 1 is 1.71 bits per heavy atom. The van der Waals surface area contributed by atoms with Gasteiger partial charge >= 0.3 is 5.97 Å². The molecule has 1 unspecified atom stereocenters. The van der Waals surface area contributed by atoms with Crippen LogP contribution >= 0.6 is 38.9 Å². The van der Waals surface area contributed by atoms with E-state index in [0.717, 1.165) is 21.5 Å². The minimum atomic E-state index is -0.162. The highest BCUT2D eigenvalue weighted by Crippen LogP contribution is 2.35. The number of halogens is 2.